The van der Waals surface area contributed by atoms with Crippen LogP contribution in [-0.2, 0) is 0 Å². The fourth-order valence-electron chi connectivity index (χ4n) is 2.33. The molecule has 0 atom stereocenters. The minimum atomic E-state index is -1.06. The second kappa shape index (κ2) is 5.98. The van der Waals surface area contributed by atoms with Gasteiger partial charge in [0.25, 0.3) is 0 Å². The predicted molar refractivity (Wildman–Crippen MR) is 75.7 cm³/mol. The summed E-state index contributed by atoms with van der Waals surface area (Å²) in [6.45, 7) is 0. The summed E-state index contributed by atoms with van der Waals surface area (Å²) in [4.78, 5) is 15.0. The number of carbonyl (C=O) groups is 1. The molecule has 3 rings (SSSR count). The van der Waals surface area contributed by atoms with Gasteiger partial charge in [0.15, 0.2) is 0 Å². The van der Waals surface area contributed by atoms with E-state index in [1.165, 1.54) is 36.9 Å². The maximum absolute atomic E-state index is 10.9. The van der Waals surface area contributed by atoms with E-state index < -0.39 is 5.97 Å². The number of tetrazole rings is 1. The molecular formula is C12H12ClN5O2S. The van der Waals surface area contributed by atoms with Gasteiger partial charge in [0, 0.05) is 6.20 Å². The first kappa shape index (κ1) is 14.3. The van der Waals surface area contributed by atoms with Crippen LogP contribution in [0.3, 0.4) is 0 Å². The largest absolute Gasteiger partial charge is 0.478 e. The molecule has 1 N–H and O–H groups in total. The summed E-state index contributed by atoms with van der Waals surface area (Å²) in [6, 6.07) is 1.70. The third-order valence-corrected chi connectivity index (χ3v) is 4.75. The molecule has 0 amide bonds. The van der Waals surface area contributed by atoms with Gasteiger partial charge in [-0.15, -0.1) is 5.10 Å². The quantitative estimate of drug-likeness (QED) is 0.923. The van der Waals surface area contributed by atoms with Crippen LogP contribution >= 0.6 is 23.4 Å². The highest BCUT2D eigenvalue weighted by Crippen LogP contribution is 2.35. The van der Waals surface area contributed by atoms with Gasteiger partial charge in [-0.3, -0.25) is 0 Å². The van der Waals surface area contributed by atoms with Gasteiger partial charge in [-0.2, -0.15) is 0 Å². The average Bonchev–Trinajstić information content (AvgIpc) is 3.11. The molecule has 2 aromatic heterocycles. The summed E-state index contributed by atoms with van der Waals surface area (Å²) in [6.07, 6.45) is 5.78. The molecule has 1 aliphatic carbocycles. The second-order valence-electron chi connectivity index (χ2n) is 4.76. The van der Waals surface area contributed by atoms with E-state index in [1.54, 1.807) is 4.68 Å². The van der Waals surface area contributed by atoms with Crippen molar-refractivity contribution in [3.63, 3.8) is 0 Å². The SMILES string of the molecule is O=C(O)c1cnc(Sc2nnnn2C2CCCC2)c(Cl)c1. The Hall–Kier alpha value is -1.67. The summed E-state index contributed by atoms with van der Waals surface area (Å²) < 4.78 is 1.81. The van der Waals surface area contributed by atoms with Crippen molar-refractivity contribution >= 4 is 29.3 Å². The average molecular weight is 326 g/mol. The lowest BCUT2D eigenvalue weighted by molar-refractivity contribution is 0.0696. The van der Waals surface area contributed by atoms with Crippen LogP contribution in [0.4, 0.5) is 0 Å². The number of rotatable bonds is 4. The molecule has 9 heteroatoms. The second-order valence-corrected chi connectivity index (χ2v) is 6.13. The van der Waals surface area contributed by atoms with Crippen molar-refractivity contribution in [3.05, 3.63) is 22.8 Å². The molecular weight excluding hydrogens is 314 g/mol. The van der Waals surface area contributed by atoms with Crippen molar-refractivity contribution in [1.82, 2.24) is 25.2 Å². The third-order valence-electron chi connectivity index (χ3n) is 3.38. The fourth-order valence-corrected chi connectivity index (χ4v) is 3.41. The molecule has 1 saturated carbocycles. The summed E-state index contributed by atoms with van der Waals surface area (Å²) in [5.74, 6) is -1.06. The van der Waals surface area contributed by atoms with Crippen molar-refractivity contribution in [1.29, 1.82) is 0 Å². The highest BCUT2D eigenvalue weighted by Gasteiger charge is 2.22. The Kier molecular flexibility index (Phi) is 4.07. The molecule has 0 aromatic carbocycles. The Balaban J connectivity index is 1.84. The lowest BCUT2D eigenvalue weighted by Crippen LogP contribution is -2.08. The van der Waals surface area contributed by atoms with Crippen molar-refractivity contribution in [3.8, 4) is 0 Å². The zero-order valence-corrected chi connectivity index (χ0v) is 12.5. The van der Waals surface area contributed by atoms with E-state index in [2.05, 4.69) is 20.5 Å². The molecule has 1 fully saturated rings. The Morgan fingerprint density at radius 3 is 2.86 bits per heavy atom. The molecule has 0 radical (unpaired) electrons. The van der Waals surface area contributed by atoms with Crippen LogP contribution in [0.2, 0.25) is 5.02 Å². The van der Waals surface area contributed by atoms with Gasteiger partial charge < -0.3 is 5.11 Å². The van der Waals surface area contributed by atoms with Gasteiger partial charge >= 0.3 is 5.97 Å². The number of aromatic nitrogens is 5. The predicted octanol–water partition coefficient (Wildman–Crippen LogP) is 2.69. The van der Waals surface area contributed by atoms with E-state index in [0.717, 1.165) is 12.8 Å². The van der Waals surface area contributed by atoms with Crippen LogP contribution in [0.25, 0.3) is 0 Å². The van der Waals surface area contributed by atoms with E-state index in [0.29, 0.717) is 16.2 Å². The van der Waals surface area contributed by atoms with Gasteiger partial charge in [-0.1, -0.05) is 24.4 Å². The molecule has 7 nitrogen and oxygen atoms in total. The van der Waals surface area contributed by atoms with E-state index in [9.17, 15) is 4.79 Å². The summed E-state index contributed by atoms with van der Waals surface area (Å²) >= 11 is 7.32. The number of carboxylic acid groups (broad SMARTS) is 1. The molecule has 0 saturated heterocycles. The normalized spacial score (nSPS) is 15.5. The molecule has 1 aliphatic rings. The first-order chi connectivity index (χ1) is 10.1. The van der Waals surface area contributed by atoms with Crippen molar-refractivity contribution in [2.24, 2.45) is 0 Å². The van der Waals surface area contributed by atoms with Crippen LogP contribution in [0.1, 0.15) is 42.1 Å². The third kappa shape index (κ3) is 3.01. The first-order valence-corrected chi connectivity index (χ1v) is 7.69. The smallest absolute Gasteiger partial charge is 0.337 e. The van der Waals surface area contributed by atoms with Gasteiger partial charge in [-0.05, 0) is 41.1 Å². The van der Waals surface area contributed by atoms with Crippen molar-refractivity contribution in [2.75, 3.05) is 0 Å². The van der Waals surface area contributed by atoms with Crippen molar-refractivity contribution < 1.29 is 9.90 Å². The topological polar surface area (TPSA) is 93.8 Å². The van der Waals surface area contributed by atoms with Crippen LogP contribution in [-0.4, -0.2) is 36.3 Å². The number of hydrogen-bond acceptors (Lipinski definition) is 6. The zero-order valence-electron chi connectivity index (χ0n) is 10.9. The van der Waals surface area contributed by atoms with Gasteiger partial charge in [0.05, 0.1) is 16.6 Å². The van der Waals surface area contributed by atoms with E-state index in [4.69, 9.17) is 16.7 Å². The van der Waals surface area contributed by atoms with Gasteiger partial charge in [0.2, 0.25) is 5.16 Å². The van der Waals surface area contributed by atoms with Crippen LogP contribution in [0.5, 0.6) is 0 Å². The number of aromatic carboxylic acids is 1. The number of halogens is 1. The monoisotopic (exact) mass is 325 g/mol. The summed E-state index contributed by atoms with van der Waals surface area (Å²) in [5.41, 5.74) is 0.0553. The summed E-state index contributed by atoms with van der Waals surface area (Å²) in [5, 5.41) is 22.1. The Bertz CT molecular complexity index is 671. The molecule has 0 spiro atoms. The number of nitrogens with zero attached hydrogens (tertiary/aromatic N) is 5. The standard InChI is InChI=1S/C12H12ClN5O2S/c13-9-5-7(11(19)20)6-14-10(9)21-12-15-16-17-18(12)8-3-1-2-4-8/h5-6,8H,1-4H2,(H,19,20). The molecule has 0 bridgehead atoms. The number of pyridine rings is 1. The molecule has 0 unspecified atom stereocenters. The summed E-state index contributed by atoms with van der Waals surface area (Å²) in [7, 11) is 0. The molecule has 2 aromatic rings. The first-order valence-electron chi connectivity index (χ1n) is 6.49. The highest BCUT2D eigenvalue weighted by atomic mass is 35.5. The lowest BCUT2D eigenvalue weighted by Gasteiger charge is -2.10. The van der Waals surface area contributed by atoms with Crippen LogP contribution < -0.4 is 0 Å². The van der Waals surface area contributed by atoms with E-state index in [1.807, 2.05) is 0 Å². The van der Waals surface area contributed by atoms with E-state index >= 15 is 0 Å². The van der Waals surface area contributed by atoms with Gasteiger partial charge in [0.1, 0.15) is 5.03 Å². The molecule has 2 heterocycles. The maximum atomic E-state index is 10.9. The van der Waals surface area contributed by atoms with Crippen molar-refractivity contribution in [2.45, 2.75) is 41.9 Å². The Morgan fingerprint density at radius 2 is 2.19 bits per heavy atom. The number of hydrogen-bond donors (Lipinski definition) is 1. The van der Waals surface area contributed by atoms with E-state index in [-0.39, 0.29) is 10.6 Å². The minimum Gasteiger partial charge on any atom is -0.478 e. The lowest BCUT2D eigenvalue weighted by atomic mass is 10.3. The minimum absolute atomic E-state index is 0.0553. The van der Waals surface area contributed by atoms with Gasteiger partial charge in [-0.25, -0.2) is 14.5 Å². The molecule has 0 aliphatic heterocycles. The Labute approximate surface area is 129 Å². The Morgan fingerprint density at radius 1 is 1.43 bits per heavy atom. The number of carboxylic acids is 1. The fraction of sp³-hybridized carbons (Fsp3) is 0.417. The molecule has 21 heavy (non-hydrogen) atoms. The highest BCUT2D eigenvalue weighted by molar-refractivity contribution is 7.99. The van der Waals surface area contributed by atoms with Crippen LogP contribution in [0, 0.1) is 0 Å². The molecule has 110 valence electrons. The maximum Gasteiger partial charge on any atom is 0.337 e. The zero-order chi connectivity index (χ0) is 14.8. The van der Waals surface area contributed by atoms with Crippen LogP contribution in [0.15, 0.2) is 22.4 Å².